The summed E-state index contributed by atoms with van der Waals surface area (Å²) >= 11 is 1.44. The summed E-state index contributed by atoms with van der Waals surface area (Å²) in [6.45, 7) is 3.79. The largest absolute Gasteiger partial charge is 0.389 e. The number of nitrogens with zero attached hydrogens (tertiary/aromatic N) is 3. The van der Waals surface area contributed by atoms with Crippen molar-refractivity contribution in [3.63, 3.8) is 0 Å². The first kappa shape index (κ1) is 9.08. The van der Waals surface area contributed by atoms with E-state index in [2.05, 4.69) is 15.0 Å². The van der Waals surface area contributed by atoms with Crippen LogP contribution < -0.4 is 5.73 Å². The van der Waals surface area contributed by atoms with Crippen LogP contribution in [0.4, 0.5) is 5.00 Å². The lowest BCUT2D eigenvalue weighted by Gasteiger charge is -1.94. The summed E-state index contributed by atoms with van der Waals surface area (Å²) in [6, 6.07) is 0. The molecule has 2 heterocycles. The maximum absolute atomic E-state index is 5.72. The number of aromatic nitrogens is 3. The minimum absolute atomic E-state index is 0.738. The summed E-state index contributed by atoms with van der Waals surface area (Å²) in [6.07, 6.45) is 3.44. The molecule has 0 aliphatic rings. The Bertz CT molecular complexity index is 427. The summed E-state index contributed by atoms with van der Waals surface area (Å²) in [5, 5.41) is 1.56. The lowest BCUT2D eigenvalue weighted by Crippen LogP contribution is -1.87. The number of nitrogens with two attached hydrogens (primary N) is 1. The van der Waals surface area contributed by atoms with E-state index in [1.165, 1.54) is 11.3 Å². The Morgan fingerprint density at radius 2 is 2.00 bits per heavy atom. The van der Waals surface area contributed by atoms with E-state index in [9.17, 15) is 0 Å². The highest BCUT2D eigenvalue weighted by Crippen LogP contribution is 2.27. The molecule has 0 atom stereocenters. The van der Waals surface area contributed by atoms with Crippen LogP contribution in [-0.2, 0) is 0 Å². The van der Waals surface area contributed by atoms with E-state index in [-0.39, 0.29) is 0 Å². The summed E-state index contributed by atoms with van der Waals surface area (Å²) in [7, 11) is 0. The number of anilines is 1. The Balaban J connectivity index is 2.44. The molecule has 4 nitrogen and oxygen atoms in total. The molecule has 2 aromatic rings. The monoisotopic (exact) mass is 206 g/mol. The molecule has 14 heavy (non-hydrogen) atoms. The van der Waals surface area contributed by atoms with Crippen LogP contribution in [0, 0.1) is 13.8 Å². The second-order valence-electron chi connectivity index (χ2n) is 3.01. The van der Waals surface area contributed by atoms with Crippen molar-refractivity contribution in [1.82, 2.24) is 15.0 Å². The van der Waals surface area contributed by atoms with Gasteiger partial charge in [0.15, 0.2) is 0 Å². The highest BCUT2D eigenvalue weighted by atomic mass is 32.1. The zero-order valence-corrected chi connectivity index (χ0v) is 8.80. The molecule has 0 unspecified atom stereocenters. The molecular weight excluding hydrogens is 196 g/mol. The van der Waals surface area contributed by atoms with Crippen molar-refractivity contribution in [2.75, 3.05) is 5.73 Å². The maximum atomic E-state index is 5.72. The third kappa shape index (κ3) is 1.58. The van der Waals surface area contributed by atoms with Crippen molar-refractivity contribution in [2.24, 2.45) is 0 Å². The van der Waals surface area contributed by atoms with Gasteiger partial charge in [0.2, 0.25) is 0 Å². The van der Waals surface area contributed by atoms with Crippen molar-refractivity contribution >= 4 is 16.3 Å². The second kappa shape index (κ2) is 3.34. The zero-order chi connectivity index (χ0) is 10.1. The molecule has 2 aromatic heterocycles. The quantitative estimate of drug-likeness (QED) is 0.772. The van der Waals surface area contributed by atoms with Gasteiger partial charge in [-0.1, -0.05) is 11.3 Å². The van der Waals surface area contributed by atoms with E-state index in [0.717, 1.165) is 27.1 Å². The number of hydrogen-bond acceptors (Lipinski definition) is 5. The van der Waals surface area contributed by atoms with Crippen LogP contribution >= 0.6 is 11.3 Å². The van der Waals surface area contributed by atoms with Crippen LogP contribution in [0.5, 0.6) is 0 Å². The van der Waals surface area contributed by atoms with Gasteiger partial charge in [0.05, 0.1) is 17.6 Å². The highest BCUT2D eigenvalue weighted by molar-refractivity contribution is 7.18. The van der Waals surface area contributed by atoms with Crippen LogP contribution in [0.1, 0.15) is 11.4 Å². The first-order valence-electron chi connectivity index (χ1n) is 4.19. The van der Waals surface area contributed by atoms with E-state index < -0.39 is 0 Å². The molecule has 0 aromatic carbocycles. The fourth-order valence-corrected chi connectivity index (χ4v) is 1.82. The van der Waals surface area contributed by atoms with Crippen LogP contribution in [0.15, 0.2) is 12.4 Å². The van der Waals surface area contributed by atoms with Crippen molar-refractivity contribution in [1.29, 1.82) is 0 Å². The van der Waals surface area contributed by atoms with Crippen molar-refractivity contribution in [2.45, 2.75) is 13.8 Å². The average Bonchev–Trinajstić information content (AvgIpc) is 2.48. The molecule has 0 aliphatic heterocycles. The molecule has 2 rings (SSSR count). The summed E-state index contributed by atoms with van der Waals surface area (Å²) in [5.74, 6) is 0. The minimum atomic E-state index is 0.738. The van der Waals surface area contributed by atoms with Gasteiger partial charge in [-0.2, -0.15) is 0 Å². The predicted molar refractivity (Wildman–Crippen MR) is 57.0 cm³/mol. The van der Waals surface area contributed by atoms with Crippen LogP contribution in [0.3, 0.4) is 0 Å². The van der Waals surface area contributed by atoms with Crippen LogP contribution in [0.2, 0.25) is 0 Å². The highest BCUT2D eigenvalue weighted by Gasteiger charge is 2.07. The van der Waals surface area contributed by atoms with Gasteiger partial charge >= 0.3 is 0 Å². The van der Waals surface area contributed by atoms with Gasteiger partial charge in [-0.3, -0.25) is 9.97 Å². The molecule has 0 bridgehead atoms. The normalized spacial score (nSPS) is 10.4. The molecule has 0 fully saturated rings. The lowest BCUT2D eigenvalue weighted by molar-refractivity contribution is 1.11. The fraction of sp³-hybridized carbons (Fsp3) is 0.222. The first-order chi connectivity index (χ1) is 6.66. The van der Waals surface area contributed by atoms with Crippen molar-refractivity contribution in [3.8, 4) is 10.7 Å². The van der Waals surface area contributed by atoms with Gasteiger partial charge in [-0.25, -0.2) is 4.98 Å². The molecule has 0 radical (unpaired) electrons. The third-order valence-electron chi connectivity index (χ3n) is 1.83. The Morgan fingerprint density at radius 3 is 2.50 bits per heavy atom. The van der Waals surface area contributed by atoms with E-state index >= 15 is 0 Å². The third-order valence-corrected chi connectivity index (χ3v) is 2.84. The average molecular weight is 206 g/mol. The van der Waals surface area contributed by atoms with Crippen LogP contribution in [0.25, 0.3) is 10.7 Å². The Morgan fingerprint density at radius 1 is 1.21 bits per heavy atom. The second-order valence-corrected chi connectivity index (χ2v) is 4.04. The van der Waals surface area contributed by atoms with Gasteiger partial charge in [0.25, 0.3) is 0 Å². The zero-order valence-electron chi connectivity index (χ0n) is 7.98. The number of aryl methyl sites for hydroxylation is 2. The molecule has 0 spiro atoms. The minimum Gasteiger partial charge on any atom is -0.389 e. The Labute approximate surface area is 85.9 Å². The molecule has 5 heteroatoms. The molecule has 72 valence electrons. The number of hydrogen-bond donors (Lipinski definition) is 1. The van der Waals surface area contributed by atoms with E-state index in [4.69, 9.17) is 5.73 Å². The fourth-order valence-electron chi connectivity index (χ4n) is 1.02. The smallest absolute Gasteiger partial charge is 0.145 e. The lowest BCUT2D eigenvalue weighted by atomic mass is 10.4. The number of thiazole rings is 1. The summed E-state index contributed by atoms with van der Waals surface area (Å²) in [4.78, 5) is 12.7. The van der Waals surface area contributed by atoms with Crippen molar-refractivity contribution in [3.05, 3.63) is 23.8 Å². The summed E-state index contributed by atoms with van der Waals surface area (Å²) < 4.78 is 0. The van der Waals surface area contributed by atoms with E-state index in [0.29, 0.717) is 0 Å². The van der Waals surface area contributed by atoms with Gasteiger partial charge in [0.1, 0.15) is 15.7 Å². The molecule has 2 N–H and O–H groups in total. The SMILES string of the molecule is Cc1cnc(-c2nc(C)c(N)s2)cn1. The van der Waals surface area contributed by atoms with E-state index in [1.807, 2.05) is 13.8 Å². The van der Waals surface area contributed by atoms with Gasteiger partial charge in [-0.05, 0) is 13.8 Å². The molecule has 0 aliphatic carbocycles. The molecule has 0 amide bonds. The Hall–Kier alpha value is -1.49. The standard InChI is InChI=1S/C9H10N4S/c1-5-3-12-7(4-11-5)9-13-6(2)8(10)14-9/h3-4H,10H2,1-2H3. The number of rotatable bonds is 1. The first-order valence-corrected chi connectivity index (χ1v) is 5.00. The number of nitrogen functional groups attached to an aromatic ring is 1. The van der Waals surface area contributed by atoms with Gasteiger partial charge in [-0.15, -0.1) is 0 Å². The predicted octanol–water partition coefficient (Wildman–Crippen LogP) is 1.80. The molecular formula is C9H10N4S. The topological polar surface area (TPSA) is 64.7 Å². The summed E-state index contributed by atoms with van der Waals surface area (Å²) in [5.41, 5.74) is 8.25. The Kier molecular flexibility index (Phi) is 2.17. The van der Waals surface area contributed by atoms with Gasteiger partial charge in [0, 0.05) is 6.20 Å². The van der Waals surface area contributed by atoms with Crippen molar-refractivity contribution < 1.29 is 0 Å². The maximum Gasteiger partial charge on any atom is 0.145 e. The van der Waals surface area contributed by atoms with Crippen LogP contribution in [-0.4, -0.2) is 15.0 Å². The molecule has 0 saturated carbocycles. The molecule has 0 saturated heterocycles. The van der Waals surface area contributed by atoms with E-state index in [1.54, 1.807) is 12.4 Å². The van der Waals surface area contributed by atoms with Gasteiger partial charge < -0.3 is 5.73 Å².